The lowest BCUT2D eigenvalue weighted by Gasteiger charge is -2.17. The minimum absolute atomic E-state index is 0.138. The fraction of sp³-hybridized carbons (Fsp3) is 0.400. The van der Waals surface area contributed by atoms with Crippen molar-refractivity contribution in [3.63, 3.8) is 0 Å². The molecule has 0 spiro atoms. The van der Waals surface area contributed by atoms with E-state index in [1.165, 1.54) is 0 Å². The van der Waals surface area contributed by atoms with Gasteiger partial charge in [-0.1, -0.05) is 0 Å². The van der Waals surface area contributed by atoms with Gasteiger partial charge in [-0.3, -0.25) is 5.10 Å². The molecule has 1 aliphatic rings. The molecule has 0 unspecified atom stereocenters. The number of ether oxygens (including phenoxy) is 2. The third kappa shape index (κ3) is 3.24. The highest BCUT2D eigenvalue weighted by molar-refractivity contribution is 5.94. The van der Waals surface area contributed by atoms with Gasteiger partial charge in [0.15, 0.2) is 0 Å². The lowest BCUT2D eigenvalue weighted by molar-refractivity contribution is 0.121. The van der Waals surface area contributed by atoms with Gasteiger partial charge in [0.05, 0.1) is 17.7 Å². The smallest absolute Gasteiger partial charge is 0.129 e. The predicted molar refractivity (Wildman–Crippen MR) is 103 cm³/mol. The molecule has 0 radical (unpaired) electrons. The molecule has 1 saturated heterocycles. The number of aromatic amines is 1. The molecule has 1 fully saturated rings. The van der Waals surface area contributed by atoms with Gasteiger partial charge in [-0.05, 0) is 50.6 Å². The zero-order valence-corrected chi connectivity index (χ0v) is 15.4. The number of fused-ring (bicyclic) bond motifs is 1. The number of hydrogen-bond donors (Lipinski definition) is 1. The first-order valence-electron chi connectivity index (χ1n) is 9.03. The van der Waals surface area contributed by atoms with Crippen molar-refractivity contribution >= 4 is 16.7 Å². The highest BCUT2D eigenvalue weighted by Gasteiger charge is 2.23. The maximum atomic E-state index is 5.84. The summed E-state index contributed by atoms with van der Waals surface area (Å²) in [6.07, 6.45) is 3.30. The number of aromatic nitrogens is 3. The van der Waals surface area contributed by atoms with Crippen LogP contribution in [0, 0.1) is 0 Å². The molecule has 1 atom stereocenters. The van der Waals surface area contributed by atoms with Gasteiger partial charge in [-0.25, -0.2) is 4.98 Å². The summed E-state index contributed by atoms with van der Waals surface area (Å²) in [5, 5.41) is 8.70. The van der Waals surface area contributed by atoms with Gasteiger partial charge in [0.25, 0.3) is 0 Å². The molecule has 26 heavy (non-hydrogen) atoms. The molecule has 0 aliphatic carbocycles. The molecular weight excluding hydrogens is 328 g/mol. The minimum Gasteiger partial charge on any atom is -0.491 e. The van der Waals surface area contributed by atoms with Gasteiger partial charge < -0.3 is 14.4 Å². The summed E-state index contributed by atoms with van der Waals surface area (Å²) in [6, 6.07) is 10.1. The lowest BCUT2D eigenvalue weighted by Crippen LogP contribution is -2.23. The molecule has 1 N–H and O–H groups in total. The van der Waals surface area contributed by atoms with E-state index in [2.05, 4.69) is 26.1 Å². The second-order valence-corrected chi connectivity index (χ2v) is 6.94. The van der Waals surface area contributed by atoms with E-state index in [9.17, 15) is 0 Å². The van der Waals surface area contributed by atoms with Gasteiger partial charge in [0.2, 0.25) is 0 Å². The Hall–Kier alpha value is -2.60. The summed E-state index contributed by atoms with van der Waals surface area (Å²) >= 11 is 0. The molecular formula is C20H24N4O2. The molecule has 4 rings (SSSR count). The predicted octanol–water partition coefficient (Wildman–Crippen LogP) is 3.64. The van der Waals surface area contributed by atoms with E-state index >= 15 is 0 Å². The Labute approximate surface area is 153 Å². The first-order valence-corrected chi connectivity index (χ1v) is 9.03. The number of rotatable bonds is 5. The maximum Gasteiger partial charge on any atom is 0.129 e. The first-order chi connectivity index (χ1) is 12.6. The average Bonchev–Trinajstić information content (AvgIpc) is 3.28. The summed E-state index contributed by atoms with van der Waals surface area (Å²) in [5.74, 6) is 1.82. The molecule has 3 heterocycles. The average molecular weight is 352 g/mol. The number of hydrogen-bond acceptors (Lipinski definition) is 5. The van der Waals surface area contributed by atoms with Crippen molar-refractivity contribution in [3.05, 3.63) is 36.5 Å². The monoisotopic (exact) mass is 352 g/mol. The summed E-state index contributed by atoms with van der Waals surface area (Å²) in [4.78, 5) is 6.81. The van der Waals surface area contributed by atoms with Crippen LogP contribution in [0.4, 0.5) is 5.82 Å². The van der Waals surface area contributed by atoms with Gasteiger partial charge in [0, 0.05) is 37.3 Å². The van der Waals surface area contributed by atoms with Gasteiger partial charge >= 0.3 is 0 Å². The van der Waals surface area contributed by atoms with Crippen LogP contribution in [0.1, 0.15) is 20.3 Å². The molecule has 0 amide bonds. The van der Waals surface area contributed by atoms with Crippen molar-refractivity contribution in [2.45, 2.75) is 32.5 Å². The number of benzene rings is 1. The number of pyridine rings is 1. The number of H-pyrrole nitrogens is 1. The van der Waals surface area contributed by atoms with E-state index in [0.29, 0.717) is 0 Å². The van der Waals surface area contributed by atoms with E-state index < -0.39 is 0 Å². The highest BCUT2D eigenvalue weighted by Crippen LogP contribution is 2.31. The number of anilines is 1. The zero-order chi connectivity index (χ0) is 18.1. The van der Waals surface area contributed by atoms with Gasteiger partial charge in [-0.2, -0.15) is 5.10 Å². The van der Waals surface area contributed by atoms with E-state index in [0.717, 1.165) is 53.2 Å². The first kappa shape index (κ1) is 16.8. The van der Waals surface area contributed by atoms with Crippen molar-refractivity contribution in [1.29, 1.82) is 0 Å². The van der Waals surface area contributed by atoms with Crippen LogP contribution >= 0.6 is 0 Å². The fourth-order valence-electron chi connectivity index (χ4n) is 3.43. The Morgan fingerprint density at radius 2 is 2.12 bits per heavy atom. The van der Waals surface area contributed by atoms with Crippen molar-refractivity contribution in [2.75, 3.05) is 25.1 Å². The molecule has 136 valence electrons. The van der Waals surface area contributed by atoms with E-state index in [-0.39, 0.29) is 12.2 Å². The van der Waals surface area contributed by atoms with Crippen LogP contribution in [0.5, 0.6) is 5.75 Å². The quantitative estimate of drug-likeness (QED) is 0.759. The number of methoxy groups -OCH3 is 1. The van der Waals surface area contributed by atoms with Gasteiger partial charge in [0.1, 0.15) is 17.3 Å². The Balaban J connectivity index is 1.68. The van der Waals surface area contributed by atoms with Crippen LogP contribution in [0.25, 0.3) is 22.2 Å². The Bertz CT molecular complexity index is 906. The van der Waals surface area contributed by atoms with Crippen molar-refractivity contribution in [2.24, 2.45) is 0 Å². The summed E-state index contributed by atoms with van der Waals surface area (Å²) < 4.78 is 11.3. The molecule has 3 aromatic rings. The van der Waals surface area contributed by atoms with E-state index in [1.807, 2.05) is 44.3 Å². The number of nitrogens with one attached hydrogen (secondary N) is 1. The molecule has 2 aromatic heterocycles. The normalized spacial score (nSPS) is 17.4. The van der Waals surface area contributed by atoms with E-state index in [1.54, 1.807) is 7.11 Å². The number of nitrogens with zero attached hydrogens (tertiary/aromatic N) is 3. The van der Waals surface area contributed by atoms with Crippen LogP contribution in [0.3, 0.4) is 0 Å². The van der Waals surface area contributed by atoms with Crippen LogP contribution < -0.4 is 9.64 Å². The Morgan fingerprint density at radius 1 is 1.23 bits per heavy atom. The van der Waals surface area contributed by atoms with Crippen molar-refractivity contribution < 1.29 is 9.47 Å². The lowest BCUT2D eigenvalue weighted by atomic mass is 10.1. The molecule has 0 saturated carbocycles. The maximum absolute atomic E-state index is 5.84. The van der Waals surface area contributed by atoms with Crippen LogP contribution in [-0.2, 0) is 4.74 Å². The molecule has 6 nitrogen and oxygen atoms in total. The molecule has 1 aliphatic heterocycles. The van der Waals surface area contributed by atoms with E-state index in [4.69, 9.17) is 9.47 Å². The van der Waals surface area contributed by atoms with Crippen molar-refractivity contribution in [1.82, 2.24) is 15.2 Å². The highest BCUT2D eigenvalue weighted by atomic mass is 16.5. The Morgan fingerprint density at radius 3 is 2.88 bits per heavy atom. The summed E-state index contributed by atoms with van der Waals surface area (Å²) in [6.45, 7) is 5.89. The Kier molecular flexibility index (Phi) is 4.51. The second-order valence-electron chi connectivity index (χ2n) is 6.94. The topological polar surface area (TPSA) is 63.3 Å². The van der Waals surface area contributed by atoms with Crippen LogP contribution in [0.2, 0.25) is 0 Å². The van der Waals surface area contributed by atoms with Crippen LogP contribution in [-0.4, -0.2) is 47.6 Å². The SMILES string of the molecule is CO[C@@H]1CCN(c2cc(-c3n[nH]c4ccc(OC(C)C)cc34)ccn2)C1. The second kappa shape index (κ2) is 6.96. The minimum atomic E-state index is 0.138. The van der Waals surface area contributed by atoms with Crippen molar-refractivity contribution in [3.8, 4) is 17.0 Å². The third-order valence-corrected chi connectivity index (χ3v) is 4.73. The van der Waals surface area contributed by atoms with Gasteiger partial charge in [-0.15, -0.1) is 0 Å². The molecule has 0 bridgehead atoms. The zero-order valence-electron chi connectivity index (χ0n) is 15.4. The van der Waals surface area contributed by atoms with Crippen LogP contribution in [0.15, 0.2) is 36.5 Å². The summed E-state index contributed by atoms with van der Waals surface area (Å²) in [5.41, 5.74) is 2.96. The fourth-order valence-corrected chi connectivity index (χ4v) is 3.43. The summed E-state index contributed by atoms with van der Waals surface area (Å²) in [7, 11) is 1.77. The molecule has 1 aromatic carbocycles. The molecule has 6 heteroatoms. The third-order valence-electron chi connectivity index (χ3n) is 4.73. The largest absolute Gasteiger partial charge is 0.491 e. The standard InChI is InChI=1S/C20H24N4O2/c1-13(2)26-15-4-5-18-17(11-15)20(23-22-18)14-6-8-21-19(10-14)24-9-7-16(12-24)25-3/h4-6,8,10-11,13,16H,7,9,12H2,1-3H3,(H,22,23)/t16-/m1/s1.